The normalized spacial score (nSPS) is 8.42. The van der Waals surface area contributed by atoms with Gasteiger partial charge in [-0.3, -0.25) is 0 Å². The Labute approximate surface area is 73.4 Å². The van der Waals surface area contributed by atoms with Crippen molar-refractivity contribution >= 4 is 0 Å². The molecule has 0 aromatic heterocycles. The molecule has 0 heterocycles. The summed E-state index contributed by atoms with van der Waals surface area (Å²) in [6.07, 6.45) is 0.881. The summed E-state index contributed by atoms with van der Waals surface area (Å²) < 4.78 is 5.31. The van der Waals surface area contributed by atoms with E-state index in [-0.39, 0.29) is 0 Å². The van der Waals surface area contributed by atoms with Crippen LogP contribution in [0.2, 0.25) is 0 Å². The molecule has 12 heavy (non-hydrogen) atoms. The van der Waals surface area contributed by atoms with Gasteiger partial charge < -0.3 is 4.74 Å². The molecule has 0 spiro atoms. The fraction of sp³-hybridized carbons (Fsp3) is 0.273. The van der Waals surface area contributed by atoms with Crippen molar-refractivity contribution < 1.29 is 4.74 Å². The standard InChI is InChI=1S/C11H11O/c1-2-3-7-10-12-11-8-5-4-6-9-11/h5-6,8-9H,2,10H2,1H3. The maximum absolute atomic E-state index is 5.31. The van der Waals surface area contributed by atoms with E-state index in [1.54, 1.807) is 0 Å². The first-order valence-corrected chi connectivity index (χ1v) is 3.98. The summed E-state index contributed by atoms with van der Waals surface area (Å²) in [6, 6.07) is 10.3. The third-order valence-corrected chi connectivity index (χ3v) is 1.30. The third kappa shape index (κ3) is 3.12. The zero-order valence-corrected chi connectivity index (χ0v) is 7.13. The Morgan fingerprint density at radius 1 is 1.33 bits per heavy atom. The van der Waals surface area contributed by atoms with E-state index in [9.17, 15) is 0 Å². The van der Waals surface area contributed by atoms with Crippen LogP contribution in [-0.2, 0) is 0 Å². The SMILES string of the molecule is CCC#CCOc1cc[c]cc1. The Morgan fingerprint density at radius 2 is 2.08 bits per heavy atom. The fourth-order valence-electron chi connectivity index (χ4n) is 0.763. The molecule has 0 saturated heterocycles. The molecule has 0 amide bonds. The van der Waals surface area contributed by atoms with Gasteiger partial charge in [0.05, 0.1) is 0 Å². The smallest absolute Gasteiger partial charge is 0.149 e. The first-order chi connectivity index (χ1) is 5.93. The molecule has 0 atom stereocenters. The second-order valence-corrected chi connectivity index (χ2v) is 2.23. The Morgan fingerprint density at radius 3 is 2.75 bits per heavy atom. The third-order valence-electron chi connectivity index (χ3n) is 1.30. The van der Waals surface area contributed by atoms with Crippen LogP contribution in [0.4, 0.5) is 0 Å². The molecule has 0 aliphatic rings. The minimum atomic E-state index is 0.470. The predicted octanol–water partition coefficient (Wildman–Crippen LogP) is 2.28. The number of ether oxygens (including phenoxy) is 1. The minimum Gasteiger partial charge on any atom is -0.481 e. The largest absolute Gasteiger partial charge is 0.481 e. The van der Waals surface area contributed by atoms with Crippen LogP contribution in [0.25, 0.3) is 0 Å². The van der Waals surface area contributed by atoms with Gasteiger partial charge in [0.1, 0.15) is 12.4 Å². The highest BCUT2D eigenvalue weighted by Gasteiger charge is 1.86. The van der Waals surface area contributed by atoms with Gasteiger partial charge in [-0.1, -0.05) is 25.0 Å². The molecule has 1 heteroatoms. The molecule has 0 unspecified atom stereocenters. The lowest BCUT2D eigenvalue weighted by molar-refractivity contribution is 0.370. The molecule has 0 saturated carbocycles. The molecule has 1 rings (SSSR count). The van der Waals surface area contributed by atoms with E-state index in [1.165, 1.54) is 0 Å². The topological polar surface area (TPSA) is 9.23 Å². The molecular formula is C11H11O. The van der Waals surface area contributed by atoms with Gasteiger partial charge in [0, 0.05) is 6.42 Å². The van der Waals surface area contributed by atoms with Crippen LogP contribution in [0.5, 0.6) is 5.75 Å². The number of benzene rings is 1. The lowest BCUT2D eigenvalue weighted by Gasteiger charge is -1.98. The van der Waals surface area contributed by atoms with Crippen molar-refractivity contribution in [1.82, 2.24) is 0 Å². The van der Waals surface area contributed by atoms with E-state index in [1.807, 2.05) is 31.2 Å². The van der Waals surface area contributed by atoms with E-state index in [2.05, 4.69) is 17.9 Å². The highest BCUT2D eigenvalue weighted by atomic mass is 16.5. The molecule has 1 nitrogen and oxygen atoms in total. The van der Waals surface area contributed by atoms with Gasteiger partial charge in [0.2, 0.25) is 0 Å². The maximum atomic E-state index is 5.31. The van der Waals surface area contributed by atoms with E-state index in [4.69, 9.17) is 4.74 Å². The van der Waals surface area contributed by atoms with Gasteiger partial charge in [-0.25, -0.2) is 0 Å². The summed E-state index contributed by atoms with van der Waals surface area (Å²) >= 11 is 0. The summed E-state index contributed by atoms with van der Waals surface area (Å²) in [6.45, 7) is 2.49. The highest BCUT2D eigenvalue weighted by Crippen LogP contribution is 2.06. The quantitative estimate of drug-likeness (QED) is 0.601. The van der Waals surface area contributed by atoms with Gasteiger partial charge in [-0.15, -0.1) is 5.92 Å². The fourth-order valence-corrected chi connectivity index (χ4v) is 0.763. The van der Waals surface area contributed by atoms with Crippen LogP contribution in [0.3, 0.4) is 0 Å². The molecule has 1 aromatic carbocycles. The van der Waals surface area contributed by atoms with Crippen molar-refractivity contribution in [2.45, 2.75) is 13.3 Å². The average Bonchev–Trinajstić information content (AvgIpc) is 2.14. The van der Waals surface area contributed by atoms with Crippen LogP contribution < -0.4 is 4.74 Å². The average molecular weight is 159 g/mol. The Bertz CT molecular complexity index is 266. The predicted molar refractivity (Wildman–Crippen MR) is 48.8 cm³/mol. The molecule has 1 radical (unpaired) electrons. The summed E-state index contributed by atoms with van der Waals surface area (Å²) in [5, 5.41) is 0. The van der Waals surface area contributed by atoms with Gasteiger partial charge in [-0.2, -0.15) is 0 Å². The monoisotopic (exact) mass is 159 g/mol. The zero-order valence-electron chi connectivity index (χ0n) is 7.13. The summed E-state index contributed by atoms with van der Waals surface area (Å²) in [5.74, 6) is 6.68. The number of hydrogen-bond acceptors (Lipinski definition) is 1. The molecule has 0 aliphatic carbocycles. The van der Waals surface area contributed by atoms with Crippen LogP contribution in [0.1, 0.15) is 13.3 Å². The minimum absolute atomic E-state index is 0.470. The van der Waals surface area contributed by atoms with Crippen molar-refractivity contribution in [2.24, 2.45) is 0 Å². The zero-order chi connectivity index (χ0) is 8.65. The van der Waals surface area contributed by atoms with Crippen LogP contribution in [-0.4, -0.2) is 6.61 Å². The van der Waals surface area contributed by atoms with Crippen molar-refractivity contribution in [3.05, 3.63) is 30.3 Å². The Hall–Kier alpha value is -1.42. The van der Waals surface area contributed by atoms with Crippen LogP contribution in [0, 0.1) is 17.9 Å². The maximum Gasteiger partial charge on any atom is 0.149 e. The van der Waals surface area contributed by atoms with Crippen molar-refractivity contribution in [1.29, 1.82) is 0 Å². The molecule has 0 fully saturated rings. The number of rotatable bonds is 2. The van der Waals surface area contributed by atoms with Gasteiger partial charge in [-0.05, 0) is 18.2 Å². The van der Waals surface area contributed by atoms with E-state index in [0.29, 0.717) is 6.61 Å². The van der Waals surface area contributed by atoms with Crippen LogP contribution >= 0.6 is 0 Å². The second kappa shape index (κ2) is 5.26. The van der Waals surface area contributed by atoms with Crippen LogP contribution in [0.15, 0.2) is 24.3 Å². The van der Waals surface area contributed by atoms with Crippen molar-refractivity contribution in [3.63, 3.8) is 0 Å². The first-order valence-electron chi connectivity index (χ1n) is 3.98. The summed E-state index contributed by atoms with van der Waals surface area (Å²) in [4.78, 5) is 0. The highest BCUT2D eigenvalue weighted by molar-refractivity contribution is 5.20. The lowest BCUT2D eigenvalue weighted by Crippen LogP contribution is -1.92. The summed E-state index contributed by atoms with van der Waals surface area (Å²) in [7, 11) is 0. The molecule has 61 valence electrons. The van der Waals surface area contributed by atoms with Gasteiger partial charge >= 0.3 is 0 Å². The van der Waals surface area contributed by atoms with E-state index < -0.39 is 0 Å². The lowest BCUT2D eigenvalue weighted by atomic mass is 10.3. The molecule has 0 aliphatic heterocycles. The van der Waals surface area contributed by atoms with Gasteiger partial charge in [0.25, 0.3) is 0 Å². The Balaban J connectivity index is 2.34. The van der Waals surface area contributed by atoms with Crippen molar-refractivity contribution in [3.8, 4) is 17.6 Å². The summed E-state index contributed by atoms with van der Waals surface area (Å²) in [5.41, 5.74) is 0. The molecule has 0 bridgehead atoms. The molecule has 0 N–H and O–H groups in total. The van der Waals surface area contributed by atoms with Crippen molar-refractivity contribution in [2.75, 3.05) is 6.61 Å². The Kier molecular flexibility index (Phi) is 3.80. The van der Waals surface area contributed by atoms with E-state index in [0.717, 1.165) is 12.2 Å². The molecular weight excluding hydrogens is 148 g/mol. The first kappa shape index (κ1) is 8.67. The second-order valence-electron chi connectivity index (χ2n) is 2.23. The molecule has 1 aromatic rings. The van der Waals surface area contributed by atoms with Gasteiger partial charge in [0.15, 0.2) is 0 Å². The van der Waals surface area contributed by atoms with E-state index >= 15 is 0 Å². The number of hydrogen-bond donors (Lipinski definition) is 0.